The molecule has 0 saturated carbocycles. The topological polar surface area (TPSA) is 61.0 Å². The summed E-state index contributed by atoms with van der Waals surface area (Å²) in [6.07, 6.45) is 0.968. The van der Waals surface area contributed by atoms with E-state index in [1.54, 1.807) is 0 Å². The molecule has 0 N–H and O–H groups in total. The van der Waals surface area contributed by atoms with Crippen LogP contribution in [0.15, 0.2) is 40.3 Å². The van der Waals surface area contributed by atoms with Crippen LogP contribution in [0.2, 0.25) is 0 Å². The van der Waals surface area contributed by atoms with Crippen molar-refractivity contribution in [1.82, 2.24) is 9.55 Å². The Morgan fingerprint density at radius 3 is 2.39 bits per heavy atom. The van der Waals surface area contributed by atoms with Crippen molar-refractivity contribution in [3.05, 3.63) is 46.3 Å². The van der Waals surface area contributed by atoms with Gasteiger partial charge >= 0.3 is 5.82 Å². The monoisotopic (exact) mass is 333 g/mol. The van der Waals surface area contributed by atoms with Crippen molar-refractivity contribution in [2.24, 2.45) is 5.92 Å². The molecule has 0 radical (unpaired) electrons. The van der Waals surface area contributed by atoms with Crippen molar-refractivity contribution in [2.45, 2.75) is 56.5 Å². The summed E-state index contributed by atoms with van der Waals surface area (Å²) in [4.78, 5) is 16.4. The van der Waals surface area contributed by atoms with Gasteiger partial charge in [0, 0.05) is 17.4 Å². The molecule has 0 unspecified atom stereocenters. The van der Waals surface area contributed by atoms with Gasteiger partial charge in [-0.15, -0.1) is 0 Å². The van der Waals surface area contributed by atoms with E-state index >= 15 is 0 Å². The van der Waals surface area contributed by atoms with Gasteiger partial charge in [0.1, 0.15) is 0 Å². The van der Waals surface area contributed by atoms with Crippen LogP contribution in [0.4, 0.5) is 5.82 Å². The van der Waals surface area contributed by atoms with E-state index in [9.17, 15) is 10.1 Å². The van der Waals surface area contributed by atoms with Crippen LogP contribution in [-0.2, 0) is 6.54 Å². The SMILES string of the molecule is CC(C)CCn1c(C(C)C)nc([N+](=O)[O-])c1Sc1ccccc1. The fourth-order valence-electron chi connectivity index (χ4n) is 2.31. The third-order valence-electron chi connectivity index (χ3n) is 3.51. The van der Waals surface area contributed by atoms with Gasteiger partial charge in [-0.1, -0.05) is 57.7 Å². The minimum Gasteiger partial charge on any atom is -0.358 e. The Morgan fingerprint density at radius 2 is 1.87 bits per heavy atom. The average molecular weight is 333 g/mol. The fourth-order valence-corrected chi connectivity index (χ4v) is 3.33. The van der Waals surface area contributed by atoms with Crippen LogP contribution in [0.25, 0.3) is 0 Å². The summed E-state index contributed by atoms with van der Waals surface area (Å²) in [6, 6.07) is 9.74. The van der Waals surface area contributed by atoms with E-state index in [-0.39, 0.29) is 16.7 Å². The van der Waals surface area contributed by atoms with Crippen LogP contribution in [0, 0.1) is 16.0 Å². The van der Waals surface area contributed by atoms with Crippen molar-refractivity contribution >= 4 is 17.6 Å². The number of benzene rings is 1. The highest BCUT2D eigenvalue weighted by atomic mass is 32.2. The number of nitrogens with zero attached hydrogens (tertiary/aromatic N) is 3. The zero-order valence-electron chi connectivity index (χ0n) is 14.0. The van der Waals surface area contributed by atoms with Gasteiger partial charge in [-0.2, -0.15) is 0 Å². The maximum absolute atomic E-state index is 11.5. The highest BCUT2D eigenvalue weighted by Gasteiger charge is 2.29. The van der Waals surface area contributed by atoms with Gasteiger partial charge in [0.2, 0.25) is 5.82 Å². The molecule has 0 spiro atoms. The second-order valence-corrected chi connectivity index (χ2v) is 7.32. The molecule has 0 aliphatic rings. The molecule has 0 saturated heterocycles. The lowest BCUT2D eigenvalue weighted by Crippen LogP contribution is -2.08. The summed E-state index contributed by atoms with van der Waals surface area (Å²) >= 11 is 1.42. The molecule has 6 heteroatoms. The van der Waals surface area contributed by atoms with Crippen molar-refractivity contribution in [3.63, 3.8) is 0 Å². The van der Waals surface area contributed by atoms with Crippen molar-refractivity contribution in [2.75, 3.05) is 0 Å². The molecule has 0 bridgehead atoms. The van der Waals surface area contributed by atoms with Crippen LogP contribution in [0.5, 0.6) is 0 Å². The summed E-state index contributed by atoms with van der Waals surface area (Å²) < 4.78 is 2.03. The molecule has 1 aromatic heterocycles. The zero-order chi connectivity index (χ0) is 17.0. The zero-order valence-corrected chi connectivity index (χ0v) is 14.8. The Labute approximate surface area is 141 Å². The maximum atomic E-state index is 11.5. The smallest absolute Gasteiger partial charge is 0.358 e. The quantitative estimate of drug-likeness (QED) is 0.521. The van der Waals surface area contributed by atoms with Gasteiger partial charge in [-0.05, 0) is 34.4 Å². The lowest BCUT2D eigenvalue weighted by Gasteiger charge is -2.12. The van der Waals surface area contributed by atoms with E-state index in [4.69, 9.17) is 0 Å². The second-order valence-electron chi connectivity index (χ2n) is 6.26. The average Bonchev–Trinajstić information content (AvgIpc) is 2.85. The van der Waals surface area contributed by atoms with Crippen molar-refractivity contribution in [1.29, 1.82) is 0 Å². The molecule has 2 rings (SSSR count). The minimum absolute atomic E-state index is 0.0358. The molecule has 0 aliphatic carbocycles. The van der Waals surface area contributed by atoms with Gasteiger partial charge < -0.3 is 10.1 Å². The summed E-state index contributed by atoms with van der Waals surface area (Å²) in [5.74, 6) is 1.43. The standard InChI is InChI=1S/C17H23N3O2S/c1-12(2)10-11-19-15(13(3)4)18-16(20(21)22)17(19)23-14-8-6-5-7-9-14/h5-9,12-13H,10-11H2,1-4H3. The predicted octanol–water partition coefficient (Wildman–Crippen LogP) is 5.11. The first-order valence-electron chi connectivity index (χ1n) is 7.87. The Balaban J connectivity index is 2.48. The Kier molecular flexibility index (Phi) is 5.82. The second kappa shape index (κ2) is 7.64. The third kappa shape index (κ3) is 4.34. The van der Waals surface area contributed by atoms with Gasteiger partial charge in [0.25, 0.3) is 0 Å². The van der Waals surface area contributed by atoms with Gasteiger partial charge in [0.15, 0.2) is 5.03 Å². The lowest BCUT2D eigenvalue weighted by atomic mass is 10.1. The Hall–Kier alpha value is -1.82. The first kappa shape index (κ1) is 17.5. The normalized spacial score (nSPS) is 11.4. The van der Waals surface area contributed by atoms with Crippen LogP contribution >= 0.6 is 11.8 Å². The highest BCUT2D eigenvalue weighted by Crippen LogP contribution is 2.37. The maximum Gasteiger partial charge on any atom is 0.396 e. The molecule has 1 heterocycles. The van der Waals surface area contributed by atoms with Crippen LogP contribution in [0.3, 0.4) is 0 Å². The number of aromatic nitrogens is 2. The van der Waals surface area contributed by atoms with E-state index in [1.165, 1.54) is 11.8 Å². The Bertz CT molecular complexity index is 666. The number of nitro groups is 1. The molecular weight excluding hydrogens is 310 g/mol. The van der Waals surface area contributed by atoms with Gasteiger partial charge in [0.05, 0.1) is 0 Å². The lowest BCUT2D eigenvalue weighted by molar-refractivity contribution is -0.392. The summed E-state index contributed by atoms with van der Waals surface area (Å²) in [6.45, 7) is 9.11. The number of hydrogen-bond acceptors (Lipinski definition) is 4. The molecule has 1 aromatic carbocycles. The molecule has 124 valence electrons. The Morgan fingerprint density at radius 1 is 1.22 bits per heavy atom. The first-order chi connectivity index (χ1) is 10.9. The molecule has 0 amide bonds. The summed E-state index contributed by atoms with van der Waals surface area (Å²) in [7, 11) is 0. The molecule has 23 heavy (non-hydrogen) atoms. The molecule has 0 atom stereocenters. The highest BCUT2D eigenvalue weighted by molar-refractivity contribution is 7.99. The number of hydrogen-bond donors (Lipinski definition) is 0. The van der Waals surface area contributed by atoms with Gasteiger partial charge in [-0.25, -0.2) is 0 Å². The molecule has 0 aliphatic heterocycles. The fraction of sp³-hybridized carbons (Fsp3) is 0.471. The molecule has 0 fully saturated rings. The van der Waals surface area contributed by atoms with Crippen LogP contribution < -0.4 is 0 Å². The number of imidazole rings is 1. The van der Waals surface area contributed by atoms with Gasteiger partial charge in [-0.3, -0.25) is 4.57 Å². The van der Waals surface area contributed by atoms with Crippen molar-refractivity contribution in [3.8, 4) is 0 Å². The van der Waals surface area contributed by atoms with E-state index in [0.29, 0.717) is 10.9 Å². The van der Waals surface area contributed by atoms with Crippen LogP contribution in [-0.4, -0.2) is 14.5 Å². The van der Waals surface area contributed by atoms with E-state index in [2.05, 4.69) is 18.8 Å². The largest absolute Gasteiger partial charge is 0.396 e. The van der Waals surface area contributed by atoms with E-state index in [1.807, 2.05) is 48.7 Å². The summed E-state index contributed by atoms with van der Waals surface area (Å²) in [5.41, 5.74) is 0. The van der Waals surface area contributed by atoms with E-state index in [0.717, 1.165) is 23.7 Å². The number of rotatable bonds is 7. The predicted molar refractivity (Wildman–Crippen MR) is 93.0 cm³/mol. The van der Waals surface area contributed by atoms with E-state index < -0.39 is 0 Å². The first-order valence-corrected chi connectivity index (χ1v) is 8.69. The van der Waals surface area contributed by atoms with Crippen molar-refractivity contribution < 1.29 is 4.92 Å². The third-order valence-corrected chi connectivity index (χ3v) is 4.61. The molecule has 2 aromatic rings. The minimum atomic E-state index is -0.372. The molecule has 5 nitrogen and oxygen atoms in total. The van der Waals surface area contributed by atoms with Crippen LogP contribution in [0.1, 0.15) is 45.9 Å². The summed E-state index contributed by atoms with van der Waals surface area (Å²) in [5, 5.41) is 12.1. The molecular formula is C17H23N3O2S.